The lowest BCUT2D eigenvalue weighted by Gasteiger charge is -2.22. The highest BCUT2D eigenvalue weighted by Gasteiger charge is 2.30. The van der Waals surface area contributed by atoms with Crippen LogP contribution in [0.15, 0.2) is 0 Å². The van der Waals surface area contributed by atoms with Gasteiger partial charge < -0.3 is 10.0 Å². The average molecular weight is 153 g/mol. The van der Waals surface area contributed by atoms with E-state index in [9.17, 15) is 5.11 Å². The lowest BCUT2D eigenvalue weighted by Crippen LogP contribution is -2.29. The zero-order valence-corrected chi connectivity index (χ0v) is 7.12. The summed E-state index contributed by atoms with van der Waals surface area (Å²) in [4.78, 5) is 1.90. The Morgan fingerprint density at radius 2 is 2.27 bits per heavy atom. The number of aliphatic hydroxyl groups excluding tert-OH is 1. The summed E-state index contributed by atoms with van der Waals surface area (Å²) in [5, 5.41) is 9.31. The highest BCUT2D eigenvalue weighted by atomic mass is 16.3. The minimum absolute atomic E-state index is 0.224. The van der Waals surface area contributed by atoms with Crippen molar-refractivity contribution >= 4 is 0 Å². The number of terminal acetylenes is 1. The minimum atomic E-state index is -0.224. The van der Waals surface area contributed by atoms with Crippen LogP contribution in [0, 0.1) is 18.4 Å². The molecule has 1 rings (SSSR count). The summed E-state index contributed by atoms with van der Waals surface area (Å²) >= 11 is 0. The molecule has 0 saturated carbocycles. The molecule has 0 aromatic heterocycles. The van der Waals surface area contributed by atoms with Crippen molar-refractivity contribution in [2.24, 2.45) is 5.92 Å². The number of likely N-dealkylation sites (tertiary alicyclic amines) is 1. The summed E-state index contributed by atoms with van der Waals surface area (Å²) in [5.74, 6) is 0.531. The van der Waals surface area contributed by atoms with Crippen LogP contribution in [0.2, 0.25) is 0 Å². The Labute approximate surface area is 68.2 Å². The van der Waals surface area contributed by atoms with Gasteiger partial charge in [0.15, 0.2) is 0 Å². The Morgan fingerprint density at radius 1 is 1.64 bits per heavy atom. The normalized spacial score (nSPS) is 31.0. The second-order valence-electron chi connectivity index (χ2n) is 3.48. The summed E-state index contributed by atoms with van der Waals surface area (Å²) in [6, 6.07) is 2.97. The summed E-state index contributed by atoms with van der Waals surface area (Å²) in [6.07, 6.45) is 5.89. The van der Waals surface area contributed by atoms with E-state index in [0.29, 0.717) is 18.5 Å². The molecular weight excluding hydrogens is 138 g/mol. The minimum Gasteiger partial charge on any atom is -0.391 e. The molecule has 11 heavy (non-hydrogen) atoms. The van der Waals surface area contributed by atoms with Gasteiger partial charge >= 0.3 is 0 Å². The van der Waals surface area contributed by atoms with Crippen LogP contribution < -0.4 is 0 Å². The van der Waals surface area contributed by atoms with Crippen LogP contribution in [0.3, 0.4) is 0 Å². The third kappa shape index (κ3) is 1.66. The molecule has 0 bridgehead atoms. The standard InChI is InChI=1S/C9H15NO/c1-4-10-6-8(11)5-9(10)7(2)3/h1,7-9,11H,5-6H2,2-3H3. The molecule has 1 fully saturated rings. The van der Waals surface area contributed by atoms with Crippen molar-refractivity contribution in [3.8, 4) is 12.5 Å². The van der Waals surface area contributed by atoms with Gasteiger partial charge in [0.1, 0.15) is 0 Å². The summed E-state index contributed by atoms with van der Waals surface area (Å²) < 4.78 is 0. The molecule has 1 aliphatic rings. The molecule has 2 atom stereocenters. The Balaban J connectivity index is 2.59. The number of hydrogen-bond acceptors (Lipinski definition) is 2. The monoisotopic (exact) mass is 153 g/mol. The fraction of sp³-hybridized carbons (Fsp3) is 0.778. The van der Waals surface area contributed by atoms with Gasteiger partial charge in [-0.3, -0.25) is 0 Å². The third-order valence-corrected chi connectivity index (χ3v) is 2.26. The third-order valence-electron chi connectivity index (χ3n) is 2.26. The zero-order valence-electron chi connectivity index (χ0n) is 7.12. The van der Waals surface area contributed by atoms with Crippen molar-refractivity contribution < 1.29 is 5.11 Å². The molecule has 0 aliphatic carbocycles. The number of hydrogen-bond donors (Lipinski definition) is 1. The first-order valence-corrected chi connectivity index (χ1v) is 4.06. The molecule has 2 heteroatoms. The van der Waals surface area contributed by atoms with Crippen LogP contribution in [0.1, 0.15) is 20.3 Å². The first-order chi connectivity index (χ1) is 5.15. The van der Waals surface area contributed by atoms with E-state index < -0.39 is 0 Å². The van der Waals surface area contributed by atoms with E-state index in [-0.39, 0.29) is 6.10 Å². The first kappa shape index (κ1) is 8.42. The fourth-order valence-corrected chi connectivity index (χ4v) is 1.62. The van der Waals surface area contributed by atoms with Gasteiger partial charge in [0.2, 0.25) is 0 Å². The molecule has 2 nitrogen and oxygen atoms in total. The zero-order chi connectivity index (χ0) is 8.43. The Hall–Kier alpha value is -0.680. The number of rotatable bonds is 1. The molecule has 0 radical (unpaired) electrons. The van der Waals surface area contributed by atoms with Gasteiger partial charge in [-0.05, 0) is 12.3 Å². The summed E-state index contributed by atoms with van der Waals surface area (Å²) in [5.41, 5.74) is 0. The van der Waals surface area contributed by atoms with Gasteiger partial charge in [-0.1, -0.05) is 20.3 Å². The van der Waals surface area contributed by atoms with Crippen molar-refractivity contribution in [3.05, 3.63) is 0 Å². The topological polar surface area (TPSA) is 23.5 Å². The smallest absolute Gasteiger partial charge is 0.0742 e. The molecule has 0 spiro atoms. The van der Waals surface area contributed by atoms with E-state index >= 15 is 0 Å². The van der Waals surface area contributed by atoms with Crippen molar-refractivity contribution in [1.29, 1.82) is 0 Å². The van der Waals surface area contributed by atoms with Gasteiger partial charge in [-0.2, -0.15) is 0 Å². The SMILES string of the molecule is C#CN1CC(O)CC1C(C)C. The van der Waals surface area contributed by atoms with Crippen molar-refractivity contribution in [2.75, 3.05) is 6.54 Å². The van der Waals surface area contributed by atoms with E-state index in [1.54, 1.807) is 0 Å². The van der Waals surface area contributed by atoms with Gasteiger partial charge in [-0.25, -0.2) is 0 Å². The summed E-state index contributed by atoms with van der Waals surface area (Å²) in [6.45, 7) is 4.90. The molecule has 1 aliphatic heterocycles. The van der Waals surface area contributed by atoms with Gasteiger partial charge in [0.25, 0.3) is 0 Å². The Bertz CT molecular complexity index is 171. The van der Waals surface area contributed by atoms with Crippen molar-refractivity contribution in [3.63, 3.8) is 0 Å². The van der Waals surface area contributed by atoms with Crippen LogP contribution in [0.25, 0.3) is 0 Å². The highest BCUT2D eigenvalue weighted by molar-refractivity contribution is 4.98. The lowest BCUT2D eigenvalue weighted by atomic mass is 10.0. The fourth-order valence-electron chi connectivity index (χ4n) is 1.62. The maximum absolute atomic E-state index is 9.31. The van der Waals surface area contributed by atoms with Crippen LogP contribution in [-0.4, -0.2) is 28.7 Å². The maximum atomic E-state index is 9.31. The maximum Gasteiger partial charge on any atom is 0.0742 e. The number of aliphatic hydroxyl groups is 1. The van der Waals surface area contributed by atoms with Crippen molar-refractivity contribution in [1.82, 2.24) is 4.90 Å². The molecule has 0 aromatic rings. The van der Waals surface area contributed by atoms with Crippen LogP contribution >= 0.6 is 0 Å². The first-order valence-electron chi connectivity index (χ1n) is 4.06. The predicted molar refractivity (Wildman–Crippen MR) is 44.8 cm³/mol. The quantitative estimate of drug-likeness (QED) is 0.560. The number of nitrogens with zero attached hydrogens (tertiary/aromatic N) is 1. The molecule has 1 N–H and O–H groups in total. The second-order valence-corrected chi connectivity index (χ2v) is 3.48. The van der Waals surface area contributed by atoms with Crippen molar-refractivity contribution in [2.45, 2.75) is 32.4 Å². The average Bonchev–Trinajstić information content (AvgIpc) is 2.30. The molecule has 62 valence electrons. The Morgan fingerprint density at radius 3 is 2.64 bits per heavy atom. The molecule has 2 unspecified atom stereocenters. The van der Waals surface area contributed by atoms with E-state index in [1.165, 1.54) is 0 Å². The lowest BCUT2D eigenvalue weighted by molar-refractivity contribution is 0.186. The van der Waals surface area contributed by atoms with E-state index in [1.807, 2.05) is 4.90 Å². The molecule has 1 saturated heterocycles. The highest BCUT2D eigenvalue weighted by Crippen LogP contribution is 2.22. The van der Waals surface area contributed by atoms with E-state index in [4.69, 9.17) is 6.42 Å². The van der Waals surface area contributed by atoms with Gasteiger partial charge in [-0.15, -0.1) is 0 Å². The van der Waals surface area contributed by atoms with Gasteiger partial charge in [0, 0.05) is 12.1 Å². The van der Waals surface area contributed by atoms with Crippen LogP contribution in [-0.2, 0) is 0 Å². The Kier molecular flexibility index (Phi) is 2.41. The largest absolute Gasteiger partial charge is 0.391 e. The summed E-state index contributed by atoms with van der Waals surface area (Å²) in [7, 11) is 0. The van der Waals surface area contributed by atoms with E-state index in [2.05, 4.69) is 19.9 Å². The molecule has 0 aromatic carbocycles. The molecule has 1 heterocycles. The predicted octanol–water partition coefficient (Wildman–Crippen LogP) is 0.668. The molecular formula is C9H15NO. The number of β-amino-alcohol motifs (C(OH)–C–C–N with tert-alkyl or cyclic N) is 1. The molecule has 0 amide bonds. The van der Waals surface area contributed by atoms with Crippen LogP contribution in [0.5, 0.6) is 0 Å². The van der Waals surface area contributed by atoms with Crippen LogP contribution in [0.4, 0.5) is 0 Å². The second kappa shape index (κ2) is 3.15. The van der Waals surface area contributed by atoms with E-state index in [0.717, 1.165) is 6.42 Å². The van der Waals surface area contributed by atoms with Gasteiger partial charge in [0.05, 0.1) is 12.6 Å².